The maximum absolute atomic E-state index is 11.6. The average Bonchev–Trinajstić information content (AvgIpc) is 2.51. The first kappa shape index (κ1) is 16.5. The maximum atomic E-state index is 11.6. The van der Waals surface area contributed by atoms with E-state index in [2.05, 4.69) is 27.5 Å². The molecule has 0 aliphatic carbocycles. The maximum Gasteiger partial charge on any atom is 0.309 e. The molecule has 4 nitrogen and oxygen atoms in total. The lowest BCUT2D eigenvalue weighted by Gasteiger charge is -2.31. The summed E-state index contributed by atoms with van der Waals surface area (Å²) in [6.07, 6.45) is 2.99. The fourth-order valence-electron chi connectivity index (χ4n) is 2.65. The van der Waals surface area contributed by atoms with Crippen LogP contribution < -0.4 is 4.74 Å². The Bertz CT molecular complexity index is 467. The lowest BCUT2D eigenvalue weighted by molar-refractivity contribution is -0.147. The van der Waals surface area contributed by atoms with Crippen LogP contribution in [0.1, 0.15) is 19.3 Å². The number of nitrogens with zero attached hydrogens (tertiary/aromatic N) is 1. The molecule has 116 valence electrons. The molecule has 1 atom stereocenters. The highest BCUT2D eigenvalue weighted by Gasteiger charge is 2.25. The predicted molar refractivity (Wildman–Crippen MR) is 90.5 cm³/mol. The zero-order valence-electron chi connectivity index (χ0n) is 12.4. The number of carbonyl (C=O) groups excluding carboxylic acids is 1. The van der Waals surface area contributed by atoms with Crippen molar-refractivity contribution in [3.8, 4) is 5.75 Å². The van der Waals surface area contributed by atoms with Crippen molar-refractivity contribution in [1.29, 1.82) is 0 Å². The minimum atomic E-state index is -0.0742. The highest BCUT2D eigenvalue weighted by Crippen LogP contribution is 2.18. The van der Waals surface area contributed by atoms with Gasteiger partial charge in [-0.25, -0.2) is 0 Å². The Morgan fingerprint density at radius 1 is 1.48 bits per heavy atom. The number of esters is 1. The fourth-order valence-corrected chi connectivity index (χ4v) is 3.17. The second-order valence-corrected chi connectivity index (χ2v) is 6.57. The highest BCUT2D eigenvalue weighted by atomic mass is 127. The van der Waals surface area contributed by atoms with Crippen molar-refractivity contribution in [2.75, 3.05) is 33.4 Å². The molecule has 1 saturated heterocycles. The number of carbonyl (C=O) groups is 1. The fraction of sp³-hybridized carbons (Fsp3) is 0.562. The van der Waals surface area contributed by atoms with Crippen LogP contribution in [0.15, 0.2) is 24.3 Å². The molecule has 2 rings (SSSR count). The molecular weight excluding hydrogens is 381 g/mol. The third-order valence-corrected chi connectivity index (χ3v) is 4.39. The molecule has 0 radical (unpaired) electrons. The van der Waals surface area contributed by atoms with Crippen LogP contribution in [0.3, 0.4) is 0 Å². The van der Waals surface area contributed by atoms with Gasteiger partial charge in [-0.3, -0.25) is 4.79 Å². The Morgan fingerprint density at radius 3 is 3.10 bits per heavy atom. The van der Waals surface area contributed by atoms with Gasteiger partial charge in [-0.05, 0) is 66.6 Å². The van der Waals surface area contributed by atoms with Gasteiger partial charge in [-0.15, -0.1) is 0 Å². The quantitative estimate of drug-likeness (QED) is 0.416. The molecule has 0 saturated carbocycles. The van der Waals surface area contributed by atoms with E-state index in [1.54, 1.807) is 0 Å². The summed E-state index contributed by atoms with van der Waals surface area (Å²) in [5.74, 6) is 0.892. The van der Waals surface area contributed by atoms with Gasteiger partial charge in [-0.2, -0.15) is 0 Å². The van der Waals surface area contributed by atoms with Crippen LogP contribution in [-0.4, -0.2) is 44.2 Å². The van der Waals surface area contributed by atoms with E-state index >= 15 is 0 Å². The number of hydrogen-bond donors (Lipinski definition) is 0. The molecule has 1 unspecified atom stereocenters. The topological polar surface area (TPSA) is 38.8 Å². The summed E-state index contributed by atoms with van der Waals surface area (Å²) in [7, 11) is 1.47. The Labute approximate surface area is 139 Å². The van der Waals surface area contributed by atoms with Gasteiger partial charge >= 0.3 is 5.97 Å². The number of hydrogen-bond acceptors (Lipinski definition) is 4. The number of ether oxygens (including phenoxy) is 2. The summed E-state index contributed by atoms with van der Waals surface area (Å²) in [5.41, 5.74) is 0. The van der Waals surface area contributed by atoms with Crippen molar-refractivity contribution in [2.45, 2.75) is 19.3 Å². The minimum absolute atomic E-state index is 0.0420. The van der Waals surface area contributed by atoms with Gasteiger partial charge in [-0.1, -0.05) is 6.07 Å². The van der Waals surface area contributed by atoms with E-state index in [0.29, 0.717) is 6.61 Å². The highest BCUT2D eigenvalue weighted by molar-refractivity contribution is 14.1. The molecular formula is C16H22INO3. The first-order valence-corrected chi connectivity index (χ1v) is 8.45. The van der Waals surface area contributed by atoms with Crippen molar-refractivity contribution < 1.29 is 14.3 Å². The van der Waals surface area contributed by atoms with Crippen LogP contribution in [0, 0.1) is 9.49 Å². The van der Waals surface area contributed by atoms with E-state index in [1.165, 1.54) is 10.7 Å². The summed E-state index contributed by atoms with van der Waals surface area (Å²) < 4.78 is 11.8. The van der Waals surface area contributed by atoms with Crippen molar-refractivity contribution >= 4 is 28.6 Å². The van der Waals surface area contributed by atoms with Gasteiger partial charge in [0.1, 0.15) is 5.75 Å². The summed E-state index contributed by atoms with van der Waals surface area (Å²) in [4.78, 5) is 13.9. The van der Waals surface area contributed by atoms with Crippen LogP contribution in [0.5, 0.6) is 5.75 Å². The summed E-state index contributed by atoms with van der Waals surface area (Å²) in [6.45, 7) is 3.56. The number of piperidine rings is 1. The molecule has 0 spiro atoms. The molecule has 1 aromatic carbocycles. The van der Waals surface area contributed by atoms with Crippen molar-refractivity contribution in [3.63, 3.8) is 0 Å². The number of benzene rings is 1. The van der Waals surface area contributed by atoms with Crippen LogP contribution in [0.4, 0.5) is 0 Å². The van der Waals surface area contributed by atoms with Gasteiger partial charge < -0.3 is 14.4 Å². The molecule has 5 heteroatoms. The standard InChI is InChI=1S/C16H22INO3/c1-20-16(19)13-5-3-8-18(12-13)9-4-10-21-15-7-2-6-14(17)11-15/h2,6-7,11,13H,3-5,8-10,12H2,1H3. The second kappa shape index (κ2) is 8.58. The van der Waals surface area contributed by atoms with E-state index in [4.69, 9.17) is 9.47 Å². The third kappa shape index (κ3) is 5.47. The molecule has 0 amide bonds. The van der Waals surface area contributed by atoms with Gasteiger partial charge in [0.25, 0.3) is 0 Å². The Morgan fingerprint density at radius 2 is 2.33 bits per heavy atom. The smallest absolute Gasteiger partial charge is 0.309 e. The molecule has 0 bridgehead atoms. The van der Waals surface area contributed by atoms with Crippen LogP contribution in [0.2, 0.25) is 0 Å². The van der Waals surface area contributed by atoms with E-state index in [-0.39, 0.29) is 11.9 Å². The summed E-state index contributed by atoms with van der Waals surface area (Å²) in [6, 6.07) is 8.07. The number of halogens is 1. The van der Waals surface area contributed by atoms with E-state index in [1.807, 2.05) is 24.3 Å². The molecule has 0 N–H and O–H groups in total. The van der Waals surface area contributed by atoms with Gasteiger partial charge in [0.2, 0.25) is 0 Å². The molecule has 1 fully saturated rings. The van der Waals surface area contributed by atoms with Gasteiger partial charge in [0.15, 0.2) is 0 Å². The monoisotopic (exact) mass is 403 g/mol. The van der Waals surface area contributed by atoms with Crippen LogP contribution >= 0.6 is 22.6 Å². The predicted octanol–water partition coefficient (Wildman–Crippen LogP) is 2.95. The SMILES string of the molecule is COC(=O)C1CCCN(CCCOc2cccc(I)c2)C1. The van der Waals surface area contributed by atoms with Gasteiger partial charge in [0, 0.05) is 16.7 Å². The summed E-state index contributed by atoms with van der Waals surface area (Å²) >= 11 is 2.28. The summed E-state index contributed by atoms with van der Waals surface area (Å²) in [5, 5.41) is 0. The number of likely N-dealkylation sites (tertiary alicyclic amines) is 1. The Kier molecular flexibility index (Phi) is 6.76. The Hall–Kier alpha value is -0.820. The molecule has 1 aliphatic rings. The van der Waals surface area contributed by atoms with Crippen molar-refractivity contribution in [1.82, 2.24) is 4.90 Å². The van der Waals surface area contributed by atoms with Gasteiger partial charge in [0.05, 0.1) is 19.6 Å². The number of methoxy groups -OCH3 is 1. The third-order valence-electron chi connectivity index (χ3n) is 3.72. The number of rotatable bonds is 6. The minimum Gasteiger partial charge on any atom is -0.494 e. The van der Waals surface area contributed by atoms with Crippen LogP contribution in [0.25, 0.3) is 0 Å². The van der Waals surface area contributed by atoms with Crippen LogP contribution in [-0.2, 0) is 9.53 Å². The molecule has 21 heavy (non-hydrogen) atoms. The van der Waals surface area contributed by atoms with E-state index in [0.717, 1.165) is 44.6 Å². The zero-order chi connectivity index (χ0) is 15.1. The Balaban J connectivity index is 1.67. The lowest BCUT2D eigenvalue weighted by Crippen LogP contribution is -2.39. The van der Waals surface area contributed by atoms with E-state index < -0.39 is 0 Å². The first-order chi connectivity index (χ1) is 10.2. The van der Waals surface area contributed by atoms with Crippen molar-refractivity contribution in [2.24, 2.45) is 5.92 Å². The van der Waals surface area contributed by atoms with Crippen molar-refractivity contribution in [3.05, 3.63) is 27.8 Å². The molecule has 0 aromatic heterocycles. The first-order valence-electron chi connectivity index (χ1n) is 7.37. The van der Waals surface area contributed by atoms with E-state index in [9.17, 15) is 4.79 Å². The molecule has 1 aromatic rings. The molecule has 1 heterocycles. The zero-order valence-corrected chi connectivity index (χ0v) is 14.5. The second-order valence-electron chi connectivity index (χ2n) is 5.32. The largest absolute Gasteiger partial charge is 0.494 e. The normalized spacial score (nSPS) is 19.2. The molecule has 1 aliphatic heterocycles. The average molecular weight is 403 g/mol. The lowest BCUT2D eigenvalue weighted by atomic mass is 9.98.